The number of carbonyl (C=O) groups excluding carboxylic acids is 3. The topological polar surface area (TPSA) is 78.9 Å². The van der Waals surface area contributed by atoms with E-state index in [-0.39, 0.29) is 37.5 Å². The van der Waals surface area contributed by atoms with Crippen molar-refractivity contribution in [1.29, 1.82) is 0 Å². The zero-order chi connectivity index (χ0) is 46.5. The van der Waals surface area contributed by atoms with Gasteiger partial charge in [-0.3, -0.25) is 14.4 Å². The molecule has 0 saturated carbocycles. The lowest BCUT2D eigenvalue weighted by molar-refractivity contribution is -0.167. The normalized spacial score (nSPS) is 12.7. The zero-order valence-electron chi connectivity index (χ0n) is 41.8. The van der Waals surface area contributed by atoms with Gasteiger partial charge in [-0.25, -0.2) is 0 Å². The zero-order valence-corrected chi connectivity index (χ0v) is 41.8. The van der Waals surface area contributed by atoms with E-state index in [1.54, 1.807) is 0 Å². The van der Waals surface area contributed by atoms with Crippen molar-refractivity contribution in [2.75, 3.05) is 13.2 Å². The molecule has 0 radical (unpaired) electrons. The number of carbonyl (C=O) groups is 3. The Morgan fingerprint density at radius 1 is 0.328 bits per heavy atom. The summed E-state index contributed by atoms with van der Waals surface area (Å²) >= 11 is 0. The summed E-state index contributed by atoms with van der Waals surface area (Å²) in [5.41, 5.74) is 0. The Hall–Kier alpha value is -3.41. The lowest BCUT2D eigenvalue weighted by atomic mass is 10.1. The van der Waals surface area contributed by atoms with Gasteiger partial charge in [-0.2, -0.15) is 0 Å². The van der Waals surface area contributed by atoms with Gasteiger partial charge < -0.3 is 14.2 Å². The predicted octanol–water partition coefficient (Wildman–Crippen LogP) is 17.6. The van der Waals surface area contributed by atoms with Crippen LogP contribution in [0.3, 0.4) is 0 Å². The van der Waals surface area contributed by atoms with Gasteiger partial charge in [0.2, 0.25) is 0 Å². The summed E-state index contributed by atoms with van der Waals surface area (Å²) in [6.07, 6.45) is 67.3. The first-order chi connectivity index (χ1) is 31.5. The molecule has 1 atom stereocenters. The Kier molecular flexibility index (Phi) is 49.4. The van der Waals surface area contributed by atoms with Gasteiger partial charge in [0.15, 0.2) is 6.10 Å². The molecule has 6 nitrogen and oxygen atoms in total. The molecule has 0 aliphatic carbocycles. The first kappa shape index (κ1) is 60.6. The SMILES string of the molecule is CC/C=C\C/C=C\C/C=C\C/C=C\CCCCC(=O)OC(COC(=O)CCCCCCCCCC)COC(=O)CCCCCCCCCC/C=C\C/C=C\C/C=C\CCCCCCC. The fourth-order valence-electron chi connectivity index (χ4n) is 7.15. The van der Waals surface area contributed by atoms with Gasteiger partial charge in [-0.05, 0) is 96.3 Å². The highest BCUT2D eigenvalue weighted by Crippen LogP contribution is 2.14. The van der Waals surface area contributed by atoms with Crippen LogP contribution in [0.2, 0.25) is 0 Å². The molecule has 0 aliphatic rings. The van der Waals surface area contributed by atoms with Crippen LogP contribution in [-0.2, 0) is 28.6 Å². The molecule has 1 unspecified atom stereocenters. The van der Waals surface area contributed by atoms with Crippen LogP contribution in [0.4, 0.5) is 0 Å². The minimum absolute atomic E-state index is 0.0953. The summed E-state index contributed by atoms with van der Waals surface area (Å²) in [6, 6.07) is 0. The van der Waals surface area contributed by atoms with Crippen LogP contribution in [0.1, 0.15) is 245 Å². The molecular formula is C58H98O6. The van der Waals surface area contributed by atoms with Crippen LogP contribution in [0.25, 0.3) is 0 Å². The van der Waals surface area contributed by atoms with Crippen LogP contribution < -0.4 is 0 Å². The van der Waals surface area contributed by atoms with E-state index in [0.29, 0.717) is 19.3 Å². The highest BCUT2D eigenvalue weighted by atomic mass is 16.6. The maximum absolute atomic E-state index is 12.8. The van der Waals surface area contributed by atoms with Crippen molar-refractivity contribution < 1.29 is 28.6 Å². The largest absolute Gasteiger partial charge is 0.462 e. The number of ether oxygens (including phenoxy) is 3. The average molecular weight is 891 g/mol. The highest BCUT2D eigenvalue weighted by Gasteiger charge is 2.19. The number of unbranched alkanes of at least 4 members (excludes halogenated alkanes) is 22. The van der Waals surface area contributed by atoms with E-state index in [1.165, 1.54) is 103 Å². The van der Waals surface area contributed by atoms with E-state index in [0.717, 1.165) is 96.3 Å². The fourth-order valence-corrected chi connectivity index (χ4v) is 7.15. The van der Waals surface area contributed by atoms with Crippen molar-refractivity contribution in [3.8, 4) is 0 Å². The van der Waals surface area contributed by atoms with Crippen LogP contribution in [-0.4, -0.2) is 37.2 Å². The third kappa shape index (κ3) is 49.6. The molecule has 0 aliphatic heterocycles. The van der Waals surface area contributed by atoms with Crippen molar-refractivity contribution in [3.05, 3.63) is 85.1 Å². The molecule has 0 aromatic rings. The Morgan fingerprint density at radius 3 is 0.984 bits per heavy atom. The van der Waals surface area contributed by atoms with E-state index in [9.17, 15) is 14.4 Å². The summed E-state index contributed by atoms with van der Waals surface area (Å²) in [5, 5.41) is 0. The van der Waals surface area contributed by atoms with Gasteiger partial charge in [0.05, 0.1) is 0 Å². The molecule has 6 heteroatoms. The molecule has 0 N–H and O–H groups in total. The lowest BCUT2D eigenvalue weighted by Gasteiger charge is -2.18. The molecule has 0 aromatic heterocycles. The van der Waals surface area contributed by atoms with E-state index < -0.39 is 6.10 Å². The lowest BCUT2D eigenvalue weighted by Crippen LogP contribution is -2.30. The molecule has 0 aromatic carbocycles. The average Bonchev–Trinajstić information content (AvgIpc) is 3.29. The molecule has 0 amide bonds. The quantitative estimate of drug-likeness (QED) is 0.0262. The molecule has 0 heterocycles. The van der Waals surface area contributed by atoms with Gasteiger partial charge in [0, 0.05) is 19.3 Å². The summed E-state index contributed by atoms with van der Waals surface area (Å²) in [4.78, 5) is 37.9. The molecule has 0 rings (SSSR count). The Labute approximate surface area is 395 Å². The van der Waals surface area contributed by atoms with Crippen LogP contribution in [0.5, 0.6) is 0 Å². The van der Waals surface area contributed by atoms with E-state index in [4.69, 9.17) is 14.2 Å². The van der Waals surface area contributed by atoms with Gasteiger partial charge in [0.1, 0.15) is 13.2 Å². The predicted molar refractivity (Wildman–Crippen MR) is 274 cm³/mol. The monoisotopic (exact) mass is 891 g/mol. The molecular weight excluding hydrogens is 793 g/mol. The minimum atomic E-state index is -0.798. The number of hydrogen-bond acceptors (Lipinski definition) is 6. The van der Waals surface area contributed by atoms with E-state index in [1.807, 2.05) is 0 Å². The first-order valence-corrected chi connectivity index (χ1v) is 26.6. The van der Waals surface area contributed by atoms with Crippen molar-refractivity contribution in [3.63, 3.8) is 0 Å². The molecule has 0 spiro atoms. The summed E-state index contributed by atoms with van der Waals surface area (Å²) in [6.45, 7) is 6.44. The first-order valence-electron chi connectivity index (χ1n) is 26.6. The van der Waals surface area contributed by atoms with E-state index in [2.05, 4.69) is 106 Å². The molecule has 366 valence electrons. The number of rotatable bonds is 47. The Bertz CT molecular complexity index is 1250. The summed E-state index contributed by atoms with van der Waals surface area (Å²) in [5.74, 6) is -0.950. The van der Waals surface area contributed by atoms with Crippen molar-refractivity contribution in [2.24, 2.45) is 0 Å². The molecule has 0 fully saturated rings. The second-order valence-corrected chi connectivity index (χ2v) is 17.4. The second-order valence-electron chi connectivity index (χ2n) is 17.4. The Morgan fingerprint density at radius 2 is 0.609 bits per heavy atom. The Balaban J connectivity index is 4.31. The van der Waals surface area contributed by atoms with Crippen molar-refractivity contribution in [1.82, 2.24) is 0 Å². The smallest absolute Gasteiger partial charge is 0.306 e. The van der Waals surface area contributed by atoms with Crippen molar-refractivity contribution >= 4 is 17.9 Å². The van der Waals surface area contributed by atoms with Gasteiger partial charge in [0.25, 0.3) is 0 Å². The second kappa shape index (κ2) is 52.2. The van der Waals surface area contributed by atoms with E-state index >= 15 is 0 Å². The van der Waals surface area contributed by atoms with Crippen molar-refractivity contribution in [2.45, 2.75) is 252 Å². The third-order valence-electron chi connectivity index (χ3n) is 11.1. The third-order valence-corrected chi connectivity index (χ3v) is 11.1. The van der Waals surface area contributed by atoms with Gasteiger partial charge in [-0.1, -0.05) is 215 Å². The van der Waals surface area contributed by atoms with Crippen LogP contribution in [0, 0.1) is 0 Å². The fraction of sp³-hybridized carbons (Fsp3) is 0.707. The highest BCUT2D eigenvalue weighted by molar-refractivity contribution is 5.71. The summed E-state index contributed by atoms with van der Waals surface area (Å²) < 4.78 is 16.7. The minimum Gasteiger partial charge on any atom is -0.462 e. The summed E-state index contributed by atoms with van der Waals surface area (Å²) in [7, 11) is 0. The molecule has 0 bridgehead atoms. The van der Waals surface area contributed by atoms with Gasteiger partial charge >= 0.3 is 17.9 Å². The van der Waals surface area contributed by atoms with Crippen LogP contribution >= 0.6 is 0 Å². The van der Waals surface area contributed by atoms with Gasteiger partial charge in [-0.15, -0.1) is 0 Å². The van der Waals surface area contributed by atoms with Crippen LogP contribution in [0.15, 0.2) is 85.1 Å². The molecule has 0 saturated heterocycles. The molecule has 64 heavy (non-hydrogen) atoms. The standard InChI is InChI=1S/C58H98O6/c1-4-7-10-13-16-19-21-23-25-26-27-28-29-30-31-32-34-35-37-39-42-45-48-51-57(60)63-54-55(53-62-56(59)50-47-44-41-18-15-12-9-6-3)64-58(61)52-49-46-43-40-38-36-33-24-22-20-17-14-11-8-5-2/h8,11,17,20-21,23-24,26-27,29-30,33,38,40,55H,4-7,9-10,12-16,18-19,22,25,28,31-32,34-37,39,41-54H2,1-3H3/b11-8-,20-17-,23-21-,27-26-,30-29-,33-24-,40-38-. The number of hydrogen-bond donors (Lipinski definition) is 0. The maximum Gasteiger partial charge on any atom is 0.306 e. The maximum atomic E-state index is 12.8. The number of allylic oxidation sites excluding steroid dienone is 14. The number of esters is 3.